The van der Waals surface area contributed by atoms with Crippen LogP contribution in [0.1, 0.15) is 24.0 Å². The van der Waals surface area contributed by atoms with Crippen LogP contribution in [-0.2, 0) is 16.0 Å². The van der Waals surface area contributed by atoms with Crippen LogP contribution in [0, 0.1) is 6.92 Å². The Morgan fingerprint density at radius 3 is 2.71 bits per heavy atom. The summed E-state index contributed by atoms with van der Waals surface area (Å²) in [5.74, 6) is 1.04. The number of carbonyl (C=O) groups is 1. The highest BCUT2D eigenvalue weighted by Crippen LogP contribution is 2.13. The van der Waals surface area contributed by atoms with E-state index in [0.29, 0.717) is 18.1 Å². The minimum Gasteiger partial charge on any atom is -0.376 e. The number of rotatable bonds is 6. The van der Waals surface area contributed by atoms with Crippen LogP contribution < -0.4 is 10.6 Å². The predicted molar refractivity (Wildman–Crippen MR) is 93.0 cm³/mol. The molecule has 0 radical (unpaired) electrons. The summed E-state index contributed by atoms with van der Waals surface area (Å²) in [5.41, 5.74) is 2.12. The summed E-state index contributed by atoms with van der Waals surface area (Å²) in [6, 6.07) is 11.4. The van der Waals surface area contributed by atoms with Crippen LogP contribution in [0.5, 0.6) is 0 Å². The van der Waals surface area contributed by atoms with Crippen LogP contribution in [0.15, 0.2) is 36.4 Å². The van der Waals surface area contributed by atoms with Crippen molar-refractivity contribution in [2.45, 2.75) is 32.3 Å². The molecule has 0 spiro atoms. The molecule has 1 aliphatic rings. The first-order valence-corrected chi connectivity index (χ1v) is 8.24. The normalized spacial score (nSPS) is 16.8. The highest BCUT2D eigenvalue weighted by Gasteiger charge is 2.15. The Labute approximate surface area is 141 Å². The van der Waals surface area contributed by atoms with Gasteiger partial charge in [0.1, 0.15) is 5.82 Å². The lowest BCUT2D eigenvalue weighted by Crippen LogP contribution is -2.19. The number of anilines is 2. The number of aromatic nitrogens is 2. The molecule has 1 aliphatic heterocycles. The third-order valence-electron chi connectivity index (χ3n) is 4.08. The molecule has 1 unspecified atom stereocenters. The van der Waals surface area contributed by atoms with Crippen molar-refractivity contribution in [3.05, 3.63) is 47.5 Å². The number of nitrogens with zero attached hydrogens (tertiary/aromatic N) is 2. The lowest BCUT2D eigenvalue weighted by atomic mass is 10.1. The Balaban J connectivity index is 1.50. The number of benzene rings is 1. The average molecular weight is 326 g/mol. The number of hydrogen-bond acceptors (Lipinski definition) is 5. The van der Waals surface area contributed by atoms with Crippen molar-refractivity contribution in [1.29, 1.82) is 0 Å². The van der Waals surface area contributed by atoms with E-state index < -0.39 is 0 Å². The first-order chi connectivity index (χ1) is 11.7. The summed E-state index contributed by atoms with van der Waals surface area (Å²) in [6.45, 7) is 3.56. The lowest BCUT2D eigenvalue weighted by molar-refractivity contribution is -0.115. The quantitative estimate of drug-likeness (QED) is 0.853. The van der Waals surface area contributed by atoms with Crippen molar-refractivity contribution >= 4 is 17.5 Å². The van der Waals surface area contributed by atoms with Crippen molar-refractivity contribution in [2.75, 3.05) is 23.8 Å². The van der Waals surface area contributed by atoms with Crippen LogP contribution in [0.3, 0.4) is 0 Å². The molecule has 1 aromatic heterocycles. The van der Waals surface area contributed by atoms with E-state index in [9.17, 15) is 4.79 Å². The number of amides is 1. The van der Waals surface area contributed by atoms with Gasteiger partial charge >= 0.3 is 0 Å². The van der Waals surface area contributed by atoms with E-state index in [1.807, 2.05) is 37.3 Å². The molecule has 2 N–H and O–H groups in total. The van der Waals surface area contributed by atoms with Crippen LogP contribution >= 0.6 is 0 Å². The fraction of sp³-hybridized carbons (Fsp3) is 0.389. The van der Waals surface area contributed by atoms with E-state index in [-0.39, 0.29) is 12.0 Å². The molecule has 6 heteroatoms. The molecule has 1 aromatic carbocycles. The smallest absolute Gasteiger partial charge is 0.230 e. The average Bonchev–Trinajstić information content (AvgIpc) is 3.10. The van der Waals surface area contributed by atoms with Gasteiger partial charge in [-0.3, -0.25) is 4.79 Å². The van der Waals surface area contributed by atoms with E-state index in [0.717, 1.165) is 37.1 Å². The molecule has 1 saturated heterocycles. The number of aryl methyl sites for hydroxylation is 1. The van der Waals surface area contributed by atoms with Crippen molar-refractivity contribution in [3.8, 4) is 0 Å². The molecule has 3 rings (SSSR count). The molecule has 0 bridgehead atoms. The molecule has 2 aromatic rings. The predicted octanol–water partition coefficient (Wildman–Crippen LogP) is 2.56. The SMILES string of the molecule is Cc1ccccc1CC(=O)Nc1ccc(NCC2CCCO2)nn1. The lowest BCUT2D eigenvalue weighted by Gasteiger charge is -2.11. The summed E-state index contributed by atoms with van der Waals surface area (Å²) < 4.78 is 5.55. The molecule has 0 saturated carbocycles. The van der Waals surface area contributed by atoms with Gasteiger partial charge in [0, 0.05) is 13.2 Å². The van der Waals surface area contributed by atoms with E-state index in [1.54, 1.807) is 6.07 Å². The number of carbonyl (C=O) groups excluding carboxylic acids is 1. The molecule has 1 amide bonds. The second-order valence-corrected chi connectivity index (χ2v) is 5.97. The first kappa shape index (κ1) is 16.4. The van der Waals surface area contributed by atoms with Crippen molar-refractivity contribution in [2.24, 2.45) is 0 Å². The van der Waals surface area contributed by atoms with Gasteiger partial charge in [-0.1, -0.05) is 24.3 Å². The minimum absolute atomic E-state index is 0.0985. The van der Waals surface area contributed by atoms with Gasteiger partial charge in [-0.2, -0.15) is 0 Å². The zero-order valence-corrected chi connectivity index (χ0v) is 13.8. The number of ether oxygens (including phenoxy) is 1. The third-order valence-corrected chi connectivity index (χ3v) is 4.08. The van der Waals surface area contributed by atoms with E-state index >= 15 is 0 Å². The van der Waals surface area contributed by atoms with E-state index in [4.69, 9.17) is 4.74 Å². The largest absolute Gasteiger partial charge is 0.376 e. The Morgan fingerprint density at radius 1 is 1.21 bits per heavy atom. The Bertz CT molecular complexity index is 682. The van der Waals surface area contributed by atoms with Gasteiger partial charge in [-0.25, -0.2) is 0 Å². The van der Waals surface area contributed by atoms with Crippen LogP contribution in [-0.4, -0.2) is 35.4 Å². The Kier molecular flexibility index (Phi) is 5.38. The highest BCUT2D eigenvalue weighted by atomic mass is 16.5. The molecule has 2 heterocycles. The zero-order chi connectivity index (χ0) is 16.8. The molecule has 0 aliphatic carbocycles. The van der Waals surface area contributed by atoms with Gasteiger partial charge in [0.05, 0.1) is 12.5 Å². The van der Waals surface area contributed by atoms with Crippen LogP contribution in [0.4, 0.5) is 11.6 Å². The number of hydrogen-bond donors (Lipinski definition) is 2. The molecule has 1 atom stereocenters. The summed E-state index contributed by atoms with van der Waals surface area (Å²) in [7, 11) is 0. The second kappa shape index (κ2) is 7.88. The molecule has 6 nitrogen and oxygen atoms in total. The standard InChI is InChI=1S/C18H22N4O2/c1-13-5-2-3-6-14(13)11-18(23)20-17-9-8-16(21-22-17)19-12-15-7-4-10-24-15/h2-3,5-6,8-9,15H,4,7,10-12H2,1H3,(H,19,21)(H,20,22,23). The van der Waals surface area contributed by atoms with Gasteiger partial charge < -0.3 is 15.4 Å². The fourth-order valence-corrected chi connectivity index (χ4v) is 2.69. The molecule has 24 heavy (non-hydrogen) atoms. The van der Waals surface area contributed by atoms with E-state index in [1.165, 1.54) is 0 Å². The maximum absolute atomic E-state index is 12.1. The van der Waals surface area contributed by atoms with Crippen molar-refractivity contribution in [1.82, 2.24) is 10.2 Å². The topological polar surface area (TPSA) is 76.1 Å². The van der Waals surface area contributed by atoms with Crippen LogP contribution in [0.25, 0.3) is 0 Å². The molecule has 1 fully saturated rings. The third kappa shape index (κ3) is 4.52. The van der Waals surface area contributed by atoms with Gasteiger partial charge in [0.25, 0.3) is 0 Å². The number of nitrogens with one attached hydrogen (secondary N) is 2. The first-order valence-electron chi connectivity index (χ1n) is 8.24. The molecular formula is C18H22N4O2. The highest BCUT2D eigenvalue weighted by molar-refractivity contribution is 5.91. The van der Waals surface area contributed by atoms with E-state index in [2.05, 4.69) is 20.8 Å². The Morgan fingerprint density at radius 2 is 2.00 bits per heavy atom. The molecular weight excluding hydrogens is 304 g/mol. The maximum Gasteiger partial charge on any atom is 0.230 e. The zero-order valence-electron chi connectivity index (χ0n) is 13.8. The summed E-state index contributed by atoms with van der Waals surface area (Å²) >= 11 is 0. The monoisotopic (exact) mass is 326 g/mol. The Hall–Kier alpha value is -2.47. The maximum atomic E-state index is 12.1. The van der Waals surface area contributed by atoms with Crippen molar-refractivity contribution in [3.63, 3.8) is 0 Å². The minimum atomic E-state index is -0.0985. The van der Waals surface area contributed by atoms with Crippen LogP contribution in [0.2, 0.25) is 0 Å². The second-order valence-electron chi connectivity index (χ2n) is 5.97. The summed E-state index contributed by atoms with van der Waals surface area (Å²) in [6.07, 6.45) is 2.77. The van der Waals surface area contributed by atoms with Crippen molar-refractivity contribution < 1.29 is 9.53 Å². The van der Waals surface area contributed by atoms with Gasteiger partial charge in [0.15, 0.2) is 5.82 Å². The summed E-state index contributed by atoms with van der Waals surface area (Å²) in [5, 5.41) is 14.1. The molecule has 126 valence electrons. The summed E-state index contributed by atoms with van der Waals surface area (Å²) in [4.78, 5) is 12.1. The van der Waals surface area contributed by atoms with Gasteiger partial charge in [-0.05, 0) is 43.0 Å². The van der Waals surface area contributed by atoms with Gasteiger partial charge in [-0.15, -0.1) is 10.2 Å². The van der Waals surface area contributed by atoms with Gasteiger partial charge in [0.2, 0.25) is 5.91 Å². The fourth-order valence-electron chi connectivity index (χ4n) is 2.69.